The van der Waals surface area contributed by atoms with E-state index in [1.54, 1.807) is 11.3 Å². The highest BCUT2D eigenvalue weighted by molar-refractivity contribution is 9.10. The summed E-state index contributed by atoms with van der Waals surface area (Å²) in [6.07, 6.45) is 1.84. The molecule has 0 atom stereocenters. The van der Waals surface area contributed by atoms with E-state index >= 15 is 0 Å². The Morgan fingerprint density at radius 2 is 1.90 bits per heavy atom. The van der Waals surface area contributed by atoms with Gasteiger partial charge >= 0.3 is 0 Å². The van der Waals surface area contributed by atoms with Crippen molar-refractivity contribution < 1.29 is 0 Å². The molecule has 5 heteroatoms. The summed E-state index contributed by atoms with van der Waals surface area (Å²) in [6, 6.07) is 16.3. The van der Waals surface area contributed by atoms with Gasteiger partial charge in [-0.2, -0.15) is 0 Å². The molecule has 2 aromatic carbocycles. The maximum atomic E-state index is 4.60. The third kappa shape index (κ3) is 2.50. The molecule has 0 fully saturated rings. The van der Waals surface area contributed by atoms with Gasteiger partial charge in [-0.3, -0.25) is 4.98 Å². The Labute approximate surface area is 133 Å². The molecular weight excluding hydrogens is 346 g/mol. The molecule has 0 aliphatic rings. The van der Waals surface area contributed by atoms with Crippen LogP contribution >= 0.6 is 27.3 Å². The molecule has 0 aliphatic heterocycles. The third-order valence-electron chi connectivity index (χ3n) is 3.19. The quantitative estimate of drug-likeness (QED) is 0.526. The number of hydrogen-bond donors (Lipinski definition) is 1. The molecule has 0 radical (unpaired) electrons. The fraction of sp³-hybridized carbons (Fsp3) is 0. The van der Waals surface area contributed by atoms with Gasteiger partial charge in [0, 0.05) is 9.86 Å². The summed E-state index contributed by atoms with van der Waals surface area (Å²) in [7, 11) is 0. The molecule has 4 aromatic rings. The molecule has 2 aromatic heterocycles. The predicted octanol–water partition coefficient (Wildman–Crippen LogP) is 5.35. The van der Waals surface area contributed by atoms with Gasteiger partial charge in [0.1, 0.15) is 0 Å². The summed E-state index contributed by atoms with van der Waals surface area (Å²) in [5.74, 6) is 0. The van der Waals surface area contributed by atoms with E-state index in [2.05, 4.69) is 49.4 Å². The highest BCUT2D eigenvalue weighted by atomic mass is 79.9. The van der Waals surface area contributed by atoms with E-state index in [1.165, 1.54) is 0 Å². The second kappa shape index (κ2) is 5.09. The van der Waals surface area contributed by atoms with Crippen LogP contribution in [0.25, 0.3) is 21.1 Å². The first kappa shape index (κ1) is 12.7. The van der Waals surface area contributed by atoms with E-state index < -0.39 is 0 Å². The van der Waals surface area contributed by atoms with Gasteiger partial charge in [-0.25, -0.2) is 4.98 Å². The van der Waals surface area contributed by atoms with E-state index in [9.17, 15) is 0 Å². The smallest absolute Gasteiger partial charge is 0.188 e. The number of nitrogens with one attached hydrogen (secondary N) is 1. The Hall–Kier alpha value is -1.98. The monoisotopic (exact) mass is 355 g/mol. The number of nitrogens with zero attached hydrogens (tertiary/aromatic N) is 2. The fourth-order valence-electron chi connectivity index (χ4n) is 2.22. The lowest BCUT2D eigenvalue weighted by Crippen LogP contribution is -1.90. The topological polar surface area (TPSA) is 37.8 Å². The molecule has 2 heterocycles. The number of hydrogen-bond acceptors (Lipinski definition) is 4. The van der Waals surface area contributed by atoms with Crippen molar-refractivity contribution in [3.8, 4) is 0 Å². The van der Waals surface area contributed by atoms with Crippen molar-refractivity contribution in [3.05, 3.63) is 59.2 Å². The summed E-state index contributed by atoms with van der Waals surface area (Å²) >= 11 is 5.11. The molecule has 0 spiro atoms. The van der Waals surface area contributed by atoms with E-state index in [-0.39, 0.29) is 0 Å². The Kier molecular flexibility index (Phi) is 3.09. The van der Waals surface area contributed by atoms with Crippen molar-refractivity contribution in [1.29, 1.82) is 0 Å². The van der Waals surface area contributed by atoms with Crippen LogP contribution in [0.15, 0.2) is 59.2 Å². The lowest BCUT2D eigenvalue weighted by Gasteiger charge is -2.03. The Morgan fingerprint density at radius 1 is 1.00 bits per heavy atom. The van der Waals surface area contributed by atoms with Crippen molar-refractivity contribution in [2.75, 3.05) is 5.32 Å². The first-order valence-corrected chi connectivity index (χ1v) is 8.07. The van der Waals surface area contributed by atoms with E-state index in [0.717, 1.165) is 36.4 Å². The zero-order valence-corrected chi connectivity index (χ0v) is 13.3. The van der Waals surface area contributed by atoms with Gasteiger partial charge < -0.3 is 5.32 Å². The standard InChI is InChI=1S/C16H10BrN3S/c17-11-5-6-15-14(8-11)20-16(21-15)19-12-7-10-3-1-2-4-13(10)18-9-12/h1-9H,(H,19,20). The van der Waals surface area contributed by atoms with Crippen LogP contribution in [-0.4, -0.2) is 9.97 Å². The number of halogens is 1. The maximum Gasteiger partial charge on any atom is 0.188 e. The molecule has 0 bridgehead atoms. The summed E-state index contributed by atoms with van der Waals surface area (Å²) < 4.78 is 2.20. The Bertz CT molecular complexity index is 948. The van der Waals surface area contributed by atoms with Crippen LogP contribution in [0.4, 0.5) is 10.8 Å². The second-order valence-corrected chi connectivity index (χ2v) is 6.62. The molecule has 0 amide bonds. The molecule has 102 valence electrons. The number of pyridine rings is 1. The first-order valence-electron chi connectivity index (χ1n) is 6.46. The normalized spacial score (nSPS) is 11.1. The maximum absolute atomic E-state index is 4.60. The first-order chi connectivity index (χ1) is 10.3. The van der Waals surface area contributed by atoms with Gasteiger partial charge in [0.15, 0.2) is 5.13 Å². The van der Waals surface area contributed by atoms with Crippen LogP contribution in [-0.2, 0) is 0 Å². The number of rotatable bonds is 2. The van der Waals surface area contributed by atoms with Crippen LogP contribution in [0.2, 0.25) is 0 Å². The molecule has 21 heavy (non-hydrogen) atoms. The van der Waals surface area contributed by atoms with Crippen molar-refractivity contribution >= 4 is 59.2 Å². The summed E-state index contributed by atoms with van der Waals surface area (Å²) in [5.41, 5.74) is 2.94. The second-order valence-electron chi connectivity index (χ2n) is 4.67. The van der Waals surface area contributed by atoms with Crippen molar-refractivity contribution in [3.63, 3.8) is 0 Å². The zero-order valence-electron chi connectivity index (χ0n) is 10.9. The predicted molar refractivity (Wildman–Crippen MR) is 92.3 cm³/mol. The van der Waals surface area contributed by atoms with E-state index in [1.807, 2.05) is 36.5 Å². The number of thiazole rings is 1. The van der Waals surface area contributed by atoms with E-state index in [0.29, 0.717) is 0 Å². The Balaban J connectivity index is 1.71. The summed E-state index contributed by atoms with van der Waals surface area (Å²) in [4.78, 5) is 9.05. The van der Waals surface area contributed by atoms with Crippen molar-refractivity contribution in [1.82, 2.24) is 9.97 Å². The van der Waals surface area contributed by atoms with Gasteiger partial charge in [0.2, 0.25) is 0 Å². The van der Waals surface area contributed by atoms with Crippen LogP contribution in [0.3, 0.4) is 0 Å². The molecular formula is C16H10BrN3S. The highest BCUT2D eigenvalue weighted by Gasteiger charge is 2.05. The SMILES string of the molecule is Brc1ccc2sc(Nc3cnc4ccccc4c3)nc2c1. The van der Waals surface area contributed by atoms with Gasteiger partial charge in [0.05, 0.1) is 27.6 Å². The van der Waals surface area contributed by atoms with Crippen LogP contribution in [0.5, 0.6) is 0 Å². The van der Waals surface area contributed by atoms with Crippen molar-refractivity contribution in [2.45, 2.75) is 0 Å². The van der Waals surface area contributed by atoms with Gasteiger partial charge in [-0.15, -0.1) is 0 Å². The average molecular weight is 356 g/mol. The number of benzene rings is 2. The van der Waals surface area contributed by atoms with E-state index in [4.69, 9.17) is 0 Å². The number of aromatic nitrogens is 2. The molecule has 3 nitrogen and oxygen atoms in total. The molecule has 4 rings (SSSR count). The number of fused-ring (bicyclic) bond motifs is 2. The molecule has 0 saturated heterocycles. The zero-order chi connectivity index (χ0) is 14.2. The molecule has 1 N–H and O–H groups in total. The van der Waals surface area contributed by atoms with Crippen LogP contribution in [0, 0.1) is 0 Å². The van der Waals surface area contributed by atoms with Gasteiger partial charge in [0.25, 0.3) is 0 Å². The molecule has 0 unspecified atom stereocenters. The van der Waals surface area contributed by atoms with Crippen molar-refractivity contribution in [2.24, 2.45) is 0 Å². The summed E-state index contributed by atoms with van der Waals surface area (Å²) in [5, 5.41) is 5.33. The lowest BCUT2D eigenvalue weighted by molar-refractivity contribution is 1.38. The highest BCUT2D eigenvalue weighted by Crippen LogP contribution is 2.30. The third-order valence-corrected chi connectivity index (χ3v) is 4.64. The number of anilines is 2. The van der Waals surface area contributed by atoms with Gasteiger partial charge in [-0.1, -0.05) is 45.5 Å². The molecule has 0 saturated carbocycles. The summed E-state index contributed by atoms with van der Waals surface area (Å²) in [6.45, 7) is 0. The largest absolute Gasteiger partial charge is 0.330 e. The minimum Gasteiger partial charge on any atom is -0.330 e. The Morgan fingerprint density at radius 3 is 2.86 bits per heavy atom. The van der Waals surface area contributed by atoms with Crippen LogP contribution in [0.1, 0.15) is 0 Å². The van der Waals surface area contributed by atoms with Gasteiger partial charge in [-0.05, 0) is 30.3 Å². The van der Waals surface area contributed by atoms with Crippen LogP contribution < -0.4 is 5.32 Å². The lowest BCUT2D eigenvalue weighted by atomic mass is 10.2. The number of para-hydroxylation sites is 1. The minimum atomic E-state index is 0.875. The fourth-order valence-corrected chi connectivity index (χ4v) is 3.43. The molecule has 0 aliphatic carbocycles. The average Bonchev–Trinajstić information content (AvgIpc) is 2.88. The minimum absolute atomic E-state index is 0.875.